The molecule has 4 heteroatoms. The molecule has 0 saturated heterocycles. The summed E-state index contributed by atoms with van der Waals surface area (Å²) in [6, 6.07) is 0. The number of rotatable bonds is 4. The van der Waals surface area contributed by atoms with Crippen LogP contribution in [-0.4, -0.2) is 27.1 Å². The first-order valence-corrected chi connectivity index (χ1v) is 3.12. The molecule has 0 aliphatic carbocycles. The maximum absolute atomic E-state index is 9.96. The molecule has 0 amide bonds. The number of carbonyl (C=O) groups is 1. The van der Waals surface area contributed by atoms with Crippen molar-refractivity contribution in [2.45, 2.75) is 25.0 Å². The van der Waals surface area contributed by atoms with Gasteiger partial charge in [0.25, 0.3) is 0 Å². The predicted octanol–water partition coefficient (Wildman–Crippen LogP) is -0.445. The van der Waals surface area contributed by atoms with Gasteiger partial charge in [-0.05, 0) is 12.3 Å². The fourth-order valence-corrected chi connectivity index (χ4v) is 0.558. The van der Waals surface area contributed by atoms with Crippen molar-refractivity contribution in [3.63, 3.8) is 0 Å². The van der Waals surface area contributed by atoms with Crippen LogP contribution in [0.15, 0.2) is 0 Å². The van der Waals surface area contributed by atoms with Crippen molar-refractivity contribution < 1.29 is 20.1 Å². The Morgan fingerprint density at radius 3 is 2.45 bits per heavy atom. The lowest BCUT2D eigenvalue weighted by Gasteiger charge is -2.12. The molecule has 11 heavy (non-hydrogen) atoms. The summed E-state index contributed by atoms with van der Waals surface area (Å²) in [6.45, 7) is 0. The molecule has 0 bridgehead atoms. The fraction of sp³-hybridized carbons (Fsp3) is 0.571. The van der Waals surface area contributed by atoms with Gasteiger partial charge in [-0.15, -0.1) is 6.42 Å². The maximum atomic E-state index is 9.96. The lowest BCUT2D eigenvalue weighted by molar-refractivity contribution is -0.138. The Kier molecular flexibility index (Phi) is 3.58. The van der Waals surface area contributed by atoms with E-state index in [-0.39, 0.29) is 19.3 Å². The van der Waals surface area contributed by atoms with Gasteiger partial charge < -0.3 is 15.3 Å². The number of hydrogen-bond acceptors (Lipinski definition) is 3. The molecule has 0 heterocycles. The SMILES string of the molecule is C#CC(O)(O)CCCC(=O)O. The third kappa shape index (κ3) is 5.40. The lowest BCUT2D eigenvalue weighted by atomic mass is 10.1. The van der Waals surface area contributed by atoms with Crippen LogP contribution in [-0.2, 0) is 4.79 Å². The zero-order chi connectivity index (χ0) is 8.91. The zero-order valence-corrected chi connectivity index (χ0v) is 5.95. The molecule has 0 aliphatic rings. The van der Waals surface area contributed by atoms with Gasteiger partial charge >= 0.3 is 5.97 Å². The zero-order valence-electron chi connectivity index (χ0n) is 5.95. The highest BCUT2D eigenvalue weighted by Gasteiger charge is 2.18. The molecule has 0 spiro atoms. The summed E-state index contributed by atoms with van der Waals surface area (Å²) in [7, 11) is 0. The average molecular weight is 158 g/mol. The smallest absolute Gasteiger partial charge is 0.303 e. The van der Waals surface area contributed by atoms with Crippen LogP contribution in [0, 0.1) is 12.3 Å². The van der Waals surface area contributed by atoms with E-state index < -0.39 is 11.8 Å². The highest BCUT2D eigenvalue weighted by atomic mass is 16.5. The molecule has 0 aromatic rings. The van der Waals surface area contributed by atoms with Gasteiger partial charge in [-0.25, -0.2) is 0 Å². The monoisotopic (exact) mass is 158 g/mol. The van der Waals surface area contributed by atoms with Crippen molar-refractivity contribution in [3.05, 3.63) is 0 Å². The van der Waals surface area contributed by atoms with Gasteiger partial charge in [0, 0.05) is 12.8 Å². The van der Waals surface area contributed by atoms with E-state index in [0.717, 1.165) is 0 Å². The summed E-state index contributed by atoms with van der Waals surface area (Å²) in [5, 5.41) is 25.7. The molecule has 0 saturated carbocycles. The van der Waals surface area contributed by atoms with Crippen molar-refractivity contribution >= 4 is 5.97 Å². The number of carboxylic acid groups (broad SMARTS) is 1. The van der Waals surface area contributed by atoms with Gasteiger partial charge in [0.15, 0.2) is 0 Å². The first-order valence-electron chi connectivity index (χ1n) is 3.12. The maximum Gasteiger partial charge on any atom is 0.303 e. The van der Waals surface area contributed by atoms with E-state index in [0.29, 0.717) is 0 Å². The van der Waals surface area contributed by atoms with Crippen LogP contribution < -0.4 is 0 Å². The second kappa shape index (κ2) is 3.96. The third-order valence-corrected chi connectivity index (χ3v) is 1.15. The van der Waals surface area contributed by atoms with Gasteiger partial charge in [-0.3, -0.25) is 4.79 Å². The second-order valence-corrected chi connectivity index (χ2v) is 2.21. The molecule has 0 atom stereocenters. The molecule has 0 rings (SSSR count). The van der Waals surface area contributed by atoms with E-state index >= 15 is 0 Å². The number of aliphatic carboxylic acids is 1. The van der Waals surface area contributed by atoms with E-state index in [1.165, 1.54) is 0 Å². The Morgan fingerprint density at radius 2 is 2.09 bits per heavy atom. The van der Waals surface area contributed by atoms with Gasteiger partial charge in [0.2, 0.25) is 5.79 Å². The van der Waals surface area contributed by atoms with Crippen LogP contribution in [0.3, 0.4) is 0 Å². The Morgan fingerprint density at radius 1 is 1.55 bits per heavy atom. The molecular weight excluding hydrogens is 148 g/mol. The summed E-state index contributed by atoms with van der Waals surface area (Å²) in [5.41, 5.74) is 0. The van der Waals surface area contributed by atoms with Crippen LogP contribution in [0.2, 0.25) is 0 Å². The minimum atomic E-state index is -2.16. The number of terminal acetylenes is 1. The summed E-state index contributed by atoms with van der Waals surface area (Å²) in [4.78, 5) is 9.96. The minimum Gasteiger partial charge on any atom is -0.481 e. The van der Waals surface area contributed by atoms with Gasteiger partial charge in [0.05, 0.1) is 0 Å². The Labute approximate surface area is 64.5 Å². The molecule has 0 aromatic carbocycles. The summed E-state index contributed by atoms with van der Waals surface area (Å²) >= 11 is 0. The Bertz CT molecular complexity index is 177. The van der Waals surface area contributed by atoms with E-state index in [4.69, 9.17) is 21.7 Å². The highest BCUT2D eigenvalue weighted by molar-refractivity contribution is 5.66. The molecule has 62 valence electrons. The molecule has 3 N–H and O–H groups in total. The summed E-state index contributed by atoms with van der Waals surface area (Å²) in [6.07, 6.45) is 4.66. The Hall–Kier alpha value is -1.05. The minimum absolute atomic E-state index is 0.107. The number of hydrogen-bond donors (Lipinski definition) is 3. The van der Waals surface area contributed by atoms with Gasteiger partial charge in [-0.2, -0.15) is 0 Å². The molecule has 4 nitrogen and oxygen atoms in total. The number of aliphatic hydroxyl groups is 2. The molecule has 0 aromatic heterocycles. The van der Waals surface area contributed by atoms with E-state index in [1.54, 1.807) is 5.92 Å². The normalized spacial score (nSPS) is 10.6. The van der Waals surface area contributed by atoms with E-state index in [2.05, 4.69) is 0 Å². The van der Waals surface area contributed by atoms with Gasteiger partial charge in [0.1, 0.15) is 0 Å². The van der Waals surface area contributed by atoms with Crippen LogP contribution in [0.5, 0.6) is 0 Å². The largest absolute Gasteiger partial charge is 0.481 e. The second-order valence-electron chi connectivity index (χ2n) is 2.21. The standard InChI is InChI=1S/C7H10O4/c1-2-7(10,11)5-3-4-6(8)9/h1,10-11H,3-5H2,(H,8,9). The van der Waals surface area contributed by atoms with E-state index in [9.17, 15) is 4.79 Å². The summed E-state index contributed by atoms with van der Waals surface area (Å²) in [5.74, 6) is -1.40. The van der Waals surface area contributed by atoms with E-state index in [1.807, 2.05) is 0 Å². The molecule has 0 fully saturated rings. The Balaban J connectivity index is 3.56. The van der Waals surface area contributed by atoms with Crippen LogP contribution in [0.4, 0.5) is 0 Å². The lowest BCUT2D eigenvalue weighted by Crippen LogP contribution is -2.25. The third-order valence-electron chi connectivity index (χ3n) is 1.15. The topological polar surface area (TPSA) is 77.8 Å². The fourth-order valence-electron chi connectivity index (χ4n) is 0.558. The number of carboxylic acids is 1. The first-order chi connectivity index (χ1) is 4.98. The van der Waals surface area contributed by atoms with Crippen molar-refractivity contribution in [2.75, 3.05) is 0 Å². The molecule has 0 aliphatic heterocycles. The van der Waals surface area contributed by atoms with Crippen LogP contribution >= 0.6 is 0 Å². The summed E-state index contributed by atoms with van der Waals surface area (Å²) < 4.78 is 0. The van der Waals surface area contributed by atoms with Crippen molar-refractivity contribution in [1.82, 2.24) is 0 Å². The van der Waals surface area contributed by atoms with Crippen molar-refractivity contribution in [3.8, 4) is 12.3 Å². The molecular formula is C7H10O4. The molecule has 0 radical (unpaired) electrons. The van der Waals surface area contributed by atoms with Crippen molar-refractivity contribution in [1.29, 1.82) is 0 Å². The van der Waals surface area contributed by atoms with Crippen LogP contribution in [0.1, 0.15) is 19.3 Å². The van der Waals surface area contributed by atoms with Crippen molar-refractivity contribution in [2.24, 2.45) is 0 Å². The molecule has 0 unspecified atom stereocenters. The van der Waals surface area contributed by atoms with Gasteiger partial charge in [-0.1, -0.05) is 0 Å². The highest BCUT2D eigenvalue weighted by Crippen LogP contribution is 2.08. The predicted molar refractivity (Wildman–Crippen MR) is 37.5 cm³/mol. The quantitative estimate of drug-likeness (QED) is 0.382. The average Bonchev–Trinajstić information content (AvgIpc) is 1.87. The van der Waals surface area contributed by atoms with Crippen LogP contribution in [0.25, 0.3) is 0 Å². The first kappa shape index (κ1) is 9.95.